The monoisotopic (exact) mass is 266 g/mol. The fourth-order valence-corrected chi connectivity index (χ4v) is 2.28. The zero-order valence-corrected chi connectivity index (χ0v) is 11.4. The minimum absolute atomic E-state index is 0.157. The lowest BCUT2D eigenvalue weighted by molar-refractivity contribution is 0.0618. The van der Waals surface area contributed by atoms with Gasteiger partial charge in [-0.05, 0) is 26.6 Å². The number of hydrogen-bond acceptors (Lipinski definition) is 2. The average Bonchev–Trinajstić information content (AvgIpc) is 2.46. The Morgan fingerprint density at radius 1 is 1.32 bits per heavy atom. The van der Waals surface area contributed by atoms with Gasteiger partial charge in [-0.1, -0.05) is 24.3 Å². The van der Waals surface area contributed by atoms with Crippen molar-refractivity contribution in [3.63, 3.8) is 0 Å². The molecule has 0 radical (unpaired) electrons. The Kier molecular flexibility index (Phi) is 4.20. The summed E-state index contributed by atoms with van der Waals surface area (Å²) < 4.78 is 28.4. The van der Waals surface area contributed by atoms with E-state index >= 15 is 0 Å². The number of fused-ring (bicyclic) bond motifs is 1. The van der Waals surface area contributed by atoms with Crippen LogP contribution in [0.15, 0.2) is 30.3 Å². The average molecular weight is 266 g/mol. The summed E-state index contributed by atoms with van der Waals surface area (Å²) in [6, 6.07) is 7.30. The number of benzene rings is 1. The highest BCUT2D eigenvalue weighted by Crippen LogP contribution is 2.40. The molecular weight excluding hydrogens is 246 g/mol. The highest BCUT2D eigenvalue weighted by molar-refractivity contribution is 5.80. The molecule has 1 aromatic carbocycles. The summed E-state index contributed by atoms with van der Waals surface area (Å²) in [5.74, 6) is -2.76. The fraction of sp³-hybridized carbons (Fsp3) is 0.467. The molecule has 1 aromatic rings. The lowest BCUT2D eigenvalue weighted by atomic mass is 9.96. The molecule has 0 unspecified atom stereocenters. The van der Waals surface area contributed by atoms with Crippen molar-refractivity contribution < 1.29 is 8.78 Å². The quantitative estimate of drug-likeness (QED) is 0.901. The topological polar surface area (TPSA) is 15.3 Å². The first kappa shape index (κ1) is 14.0. The van der Waals surface area contributed by atoms with Crippen LogP contribution in [0.4, 0.5) is 14.5 Å². The molecule has 0 saturated carbocycles. The van der Waals surface area contributed by atoms with E-state index < -0.39 is 5.92 Å². The lowest BCUT2D eigenvalue weighted by Gasteiger charge is -2.18. The van der Waals surface area contributed by atoms with Crippen LogP contribution in [0.5, 0.6) is 0 Å². The van der Waals surface area contributed by atoms with Crippen LogP contribution in [0.1, 0.15) is 18.4 Å². The SMILES string of the molecule is CN(C)CC/C=C1\c2ccccc2NCCC1(F)F. The van der Waals surface area contributed by atoms with E-state index in [1.807, 2.05) is 37.2 Å². The second-order valence-electron chi connectivity index (χ2n) is 5.14. The molecule has 104 valence electrons. The summed E-state index contributed by atoms with van der Waals surface area (Å²) in [7, 11) is 3.89. The van der Waals surface area contributed by atoms with E-state index in [4.69, 9.17) is 0 Å². The van der Waals surface area contributed by atoms with E-state index in [0.717, 1.165) is 12.2 Å². The van der Waals surface area contributed by atoms with Gasteiger partial charge in [0.05, 0.1) is 0 Å². The predicted octanol–water partition coefficient (Wildman–Crippen LogP) is 3.47. The van der Waals surface area contributed by atoms with Gasteiger partial charge in [0.15, 0.2) is 0 Å². The molecule has 2 rings (SSSR count). The van der Waals surface area contributed by atoms with Gasteiger partial charge in [-0.2, -0.15) is 0 Å². The standard InChI is InChI=1S/C15H20F2N2/c1-19(2)11-5-7-13-12-6-3-4-8-14(12)18-10-9-15(13,16)17/h3-4,6-8,18H,5,9-11H2,1-2H3/b13-7+. The minimum Gasteiger partial charge on any atom is -0.384 e. The zero-order chi connectivity index (χ0) is 13.9. The molecule has 0 fully saturated rings. The Hall–Kier alpha value is -1.42. The second kappa shape index (κ2) is 5.70. The maximum Gasteiger partial charge on any atom is 0.275 e. The lowest BCUT2D eigenvalue weighted by Crippen LogP contribution is -2.20. The van der Waals surface area contributed by atoms with Crippen LogP contribution in [0.2, 0.25) is 0 Å². The molecule has 4 heteroatoms. The molecule has 19 heavy (non-hydrogen) atoms. The van der Waals surface area contributed by atoms with Crippen LogP contribution in [-0.4, -0.2) is 38.0 Å². The van der Waals surface area contributed by atoms with Crippen molar-refractivity contribution in [3.8, 4) is 0 Å². The van der Waals surface area contributed by atoms with Crippen molar-refractivity contribution >= 4 is 11.3 Å². The van der Waals surface area contributed by atoms with Gasteiger partial charge in [0.25, 0.3) is 5.92 Å². The summed E-state index contributed by atoms with van der Waals surface area (Å²) >= 11 is 0. The Morgan fingerprint density at radius 2 is 2.05 bits per heavy atom. The van der Waals surface area contributed by atoms with Crippen LogP contribution in [0.3, 0.4) is 0 Å². The summed E-state index contributed by atoms with van der Waals surface area (Å²) in [6.07, 6.45) is 2.16. The van der Waals surface area contributed by atoms with Gasteiger partial charge in [-0.3, -0.25) is 0 Å². The van der Waals surface area contributed by atoms with Crippen LogP contribution in [-0.2, 0) is 0 Å². The number of nitrogens with one attached hydrogen (secondary N) is 1. The minimum atomic E-state index is -2.76. The van der Waals surface area contributed by atoms with Crippen molar-refractivity contribution in [2.45, 2.75) is 18.8 Å². The normalized spacial score (nSPS) is 19.9. The van der Waals surface area contributed by atoms with Gasteiger partial charge < -0.3 is 10.2 Å². The van der Waals surface area contributed by atoms with Gasteiger partial charge in [0.1, 0.15) is 0 Å². The van der Waals surface area contributed by atoms with Crippen molar-refractivity contribution in [1.82, 2.24) is 4.90 Å². The maximum atomic E-state index is 14.2. The Bertz CT molecular complexity index is 467. The third kappa shape index (κ3) is 3.32. The van der Waals surface area contributed by atoms with E-state index in [-0.39, 0.29) is 12.0 Å². The van der Waals surface area contributed by atoms with E-state index in [1.54, 1.807) is 12.1 Å². The molecule has 1 aliphatic heterocycles. The number of alkyl halides is 2. The van der Waals surface area contributed by atoms with E-state index in [1.165, 1.54) is 0 Å². The van der Waals surface area contributed by atoms with Gasteiger partial charge in [0, 0.05) is 36.3 Å². The summed E-state index contributed by atoms with van der Waals surface area (Å²) in [4.78, 5) is 2.00. The highest BCUT2D eigenvalue weighted by Gasteiger charge is 2.37. The summed E-state index contributed by atoms with van der Waals surface area (Å²) in [5.41, 5.74) is 1.59. The highest BCUT2D eigenvalue weighted by atomic mass is 19.3. The first-order chi connectivity index (χ1) is 9.00. The maximum absolute atomic E-state index is 14.2. The number of hydrogen-bond donors (Lipinski definition) is 1. The molecule has 0 atom stereocenters. The summed E-state index contributed by atoms with van der Waals surface area (Å²) in [5, 5.41) is 3.08. The third-order valence-corrected chi connectivity index (χ3v) is 3.29. The van der Waals surface area contributed by atoms with Gasteiger partial charge >= 0.3 is 0 Å². The van der Waals surface area contributed by atoms with E-state index in [2.05, 4.69) is 5.32 Å². The smallest absolute Gasteiger partial charge is 0.275 e. The van der Waals surface area contributed by atoms with Gasteiger partial charge in [-0.15, -0.1) is 0 Å². The molecule has 1 N–H and O–H groups in total. The number of rotatable bonds is 3. The van der Waals surface area contributed by atoms with Crippen molar-refractivity contribution in [3.05, 3.63) is 35.9 Å². The number of para-hydroxylation sites is 1. The number of allylic oxidation sites excluding steroid dienone is 1. The van der Waals surface area contributed by atoms with Crippen LogP contribution in [0.25, 0.3) is 5.57 Å². The Balaban J connectivity index is 2.35. The van der Waals surface area contributed by atoms with Crippen LogP contribution >= 0.6 is 0 Å². The summed E-state index contributed by atoms with van der Waals surface area (Å²) in [6.45, 7) is 1.07. The van der Waals surface area contributed by atoms with Crippen molar-refractivity contribution in [2.24, 2.45) is 0 Å². The molecule has 0 amide bonds. The fourth-order valence-electron chi connectivity index (χ4n) is 2.28. The number of halogens is 2. The molecule has 0 aliphatic carbocycles. The molecular formula is C15H20F2N2. The molecule has 0 spiro atoms. The Labute approximate surface area is 113 Å². The van der Waals surface area contributed by atoms with Gasteiger partial charge in [-0.25, -0.2) is 8.78 Å². The van der Waals surface area contributed by atoms with Gasteiger partial charge in [0.2, 0.25) is 0 Å². The third-order valence-electron chi connectivity index (χ3n) is 3.29. The van der Waals surface area contributed by atoms with Crippen LogP contribution in [0, 0.1) is 0 Å². The van der Waals surface area contributed by atoms with Crippen LogP contribution < -0.4 is 5.32 Å². The predicted molar refractivity (Wildman–Crippen MR) is 75.6 cm³/mol. The molecule has 0 saturated heterocycles. The molecule has 1 heterocycles. The molecule has 0 bridgehead atoms. The Morgan fingerprint density at radius 3 is 2.79 bits per heavy atom. The van der Waals surface area contributed by atoms with Crippen molar-refractivity contribution in [2.75, 3.05) is 32.5 Å². The zero-order valence-electron chi connectivity index (χ0n) is 11.4. The molecule has 2 nitrogen and oxygen atoms in total. The number of nitrogens with zero attached hydrogens (tertiary/aromatic N) is 1. The first-order valence-electron chi connectivity index (χ1n) is 6.57. The van der Waals surface area contributed by atoms with E-state index in [0.29, 0.717) is 18.5 Å². The number of anilines is 1. The second-order valence-corrected chi connectivity index (χ2v) is 5.14. The van der Waals surface area contributed by atoms with Crippen molar-refractivity contribution in [1.29, 1.82) is 0 Å². The molecule has 1 aliphatic rings. The largest absolute Gasteiger partial charge is 0.384 e. The first-order valence-corrected chi connectivity index (χ1v) is 6.57. The molecule has 0 aromatic heterocycles. The van der Waals surface area contributed by atoms with E-state index in [9.17, 15) is 8.78 Å².